The van der Waals surface area contributed by atoms with Gasteiger partial charge in [0.15, 0.2) is 23.0 Å². The molecular formula is C35H28O7. The van der Waals surface area contributed by atoms with Gasteiger partial charge in [0, 0.05) is 6.07 Å². The Morgan fingerprint density at radius 2 is 1.07 bits per heavy atom. The zero-order valence-corrected chi connectivity index (χ0v) is 22.7. The molecular weight excluding hydrogens is 532 g/mol. The van der Waals surface area contributed by atoms with Crippen molar-refractivity contribution < 1.29 is 33.2 Å². The second-order valence-corrected chi connectivity index (χ2v) is 9.53. The third kappa shape index (κ3) is 6.64. The molecule has 0 fully saturated rings. The normalized spacial score (nSPS) is 11.5. The van der Waals surface area contributed by atoms with Crippen LogP contribution in [0.1, 0.15) is 27.0 Å². The van der Waals surface area contributed by atoms with E-state index < -0.39 is 5.97 Å². The molecule has 6 rings (SSSR count). The van der Waals surface area contributed by atoms with E-state index in [1.165, 1.54) is 0 Å². The van der Waals surface area contributed by atoms with Crippen molar-refractivity contribution in [2.45, 2.75) is 19.8 Å². The van der Waals surface area contributed by atoms with Gasteiger partial charge in [0.1, 0.15) is 25.6 Å². The molecule has 7 heteroatoms. The van der Waals surface area contributed by atoms with Gasteiger partial charge in [-0.3, -0.25) is 0 Å². The molecule has 5 aromatic rings. The van der Waals surface area contributed by atoms with Crippen molar-refractivity contribution in [3.05, 3.63) is 144 Å². The number of fused-ring (bicyclic) bond motifs is 1. The van der Waals surface area contributed by atoms with Crippen LogP contribution >= 0.6 is 0 Å². The molecule has 0 unspecified atom stereocenters. The quantitative estimate of drug-likeness (QED) is 0.123. The van der Waals surface area contributed by atoms with Crippen LogP contribution in [-0.2, 0) is 19.8 Å². The summed E-state index contributed by atoms with van der Waals surface area (Å²) in [6.45, 7) is 0.940. The topological polar surface area (TPSA) is 72.5 Å². The largest absolute Gasteiger partial charge is 0.485 e. The van der Waals surface area contributed by atoms with Crippen LogP contribution in [0.25, 0.3) is 0 Å². The monoisotopic (exact) mass is 560 g/mol. The van der Waals surface area contributed by atoms with Gasteiger partial charge in [-0.25, -0.2) is 4.79 Å². The van der Waals surface area contributed by atoms with Crippen LogP contribution in [0, 0.1) is 0 Å². The maximum absolute atomic E-state index is 13.4. The van der Waals surface area contributed by atoms with Gasteiger partial charge in [-0.1, -0.05) is 91.0 Å². The molecule has 0 aromatic heterocycles. The molecule has 0 amide bonds. The SMILES string of the molecule is O=C(Oc1ccc2c(c1)OCO2)c1cc(OCc2ccccc2)c(OCc2ccccc2)c(OCc2ccccc2)c1. The van der Waals surface area contributed by atoms with Crippen molar-refractivity contribution in [3.8, 4) is 34.5 Å². The number of rotatable bonds is 11. The molecule has 0 radical (unpaired) electrons. The number of ether oxygens (including phenoxy) is 6. The number of carbonyl (C=O) groups excluding carboxylic acids is 1. The number of hydrogen-bond donors (Lipinski definition) is 0. The average Bonchev–Trinajstić information content (AvgIpc) is 3.51. The molecule has 0 saturated heterocycles. The van der Waals surface area contributed by atoms with E-state index in [4.69, 9.17) is 28.4 Å². The molecule has 1 aliphatic rings. The Labute approximate surface area is 243 Å². The lowest BCUT2D eigenvalue weighted by molar-refractivity contribution is 0.0733. The van der Waals surface area contributed by atoms with E-state index in [1.54, 1.807) is 30.3 Å². The molecule has 0 N–H and O–H groups in total. The standard InChI is InChI=1S/C35H28O7/c36-35(42-29-16-17-30-31(20-29)41-24-40-30)28-18-32(37-21-25-10-4-1-5-11-25)34(39-23-27-14-8-3-9-15-27)33(19-28)38-22-26-12-6-2-7-13-26/h1-20H,21-24H2. The Morgan fingerprint density at radius 3 is 1.62 bits per heavy atom. The third-order valence-electron chi connectivity index (χ3n) is 6.51. The van der Waals surface area contributed by atoms with E-state index in [2.05, 4.69) is 0 Å². The first-order valence-electron chi connectivity index (χ1n) is 13.5. The van der Waals surface area contributed by atoms with Gasteiger partial charge in [-0.15, -0.1) is 0 Å². The average molecular weight is 561 g/mol. The van der Waals surface area contributed by atoms with Crippen LogP contribution in [0.4, 0.5) is 0 Å². The van der Waals surface area contributed by atoms with E-state index in [-0.39, 0.29) is 32.2 Å². The van der Waals surface area contributed by atoms with Crippen LogP contribution in [-0.4, -0.2) is 12.8 Å². The number of carbonyl (C=O) groups is 1. The van der Waals surface area contributed by atoms with E-state index in [9.17, 15) is 4.79 Å². The number of hydrogen-bond acceptors (Lipinski definition) is 7. The van der Waals surface area contributed by atoms with Crippen LogP contribution in [0.5, 0.6) is 34.5 Å². The molecule has 1 aliphatic heterocycles. The Bertz CT molecular complexity index is 1570. The highest BCUT2D eigenvalue weighted by atomic mass is 16.7. The summed E-state index contributed by atoms with van der Waals surface area (Å²) in [6, 6.07) is 37.6. The Balaban J connectivity index is 1.33. The van der Waals surface area contributed by atoms with Crippen molar-refractivity contribution in [2.24, 2.45) is 0 Å². The lowest BCUT2D eigenvalue weighted by Gasteiger charge is -2.19. The zero-order valence-electron chi connectivity index (χ0n) is 22.7. The molecule has 210 valence electrons. The molecule has 0 bridgehead atoms. The summed E-state index contributed by atoms with van der Waals surface area (Å²) in [5.41, 5.74) is 3.15. The maximum atomic E-state index is 13.4. The van der Waals surface area contributed by atoms with Crippen molar-refractivity contribution >= 4 is 5.97 Å². The molecule has 0 saturated carbocycles. The van der Waals surface area contributed by atoms with Crippen molar-refractivity contribution in [1.29, 1.82) is 0 Å². The Morgan fingerprint density at radius 1 is 0.571 bits per heavy atom. The summed E-state index contributed by atoms with van der Waals surface area (Å²) in [5.74, 6) is 1.97. The van der Waals surface area contributed by atoms with Crippen molar-refractivity contribution in [1.82, 2.24) is 0 Å². The van der Waals surface area contributed by atoms with Gasteiger partial charge in [0.25, 0.3) is 0 Å². The second-order valence-electron chi connectivity index (χ2n) is 9.53. The van der Waals surface area contributed by atoms with Crippen LogP contribution < -0.4 is 28.4 Å². The van der Waals surface area contributed by atoms with Gasteiger partial charge in [0.05, 0.1) is 5.56 Å². The van der Waals surface area contributed by atoms with E-state index in [1.807, 2.05) is 91.0 Å². The van der Waals surface area contributed by atoms with E-state index >= 15 is 0 Å². The van der Waals surface area contributed by atoms with Gasteiger partial charge >= 0.3 is 5.97 Å². The van der Waals surface area contributed by atoms with Crippen molar-refractivity contribution in [2.75, 3.05) is 6.79 Å². The molecule has 0 atom stereocenters. The fourth-order valence-corrected chi connectivity index (χ4v) is 4.36. The number of esters is 1. The third-order valence-corrected chi connectivity index (χ3v) is 6.51. The first-order chi connectivity index (χ1) is 20.7. The molecule has 42 heavy (non-hydrogen) atoms. The number of benzene rings is 5. The lowest BCUT2D eigenvalue weighted by Crippen LogP contribution is -2.11. The first kappa shape index (κ1) is 26.8. The predicted octanol–water partition coefficient (Wildman–Crippen LogP) is 7.37. The van der Waals surface area contributed by atoms with E-state index in [0.717, 1.165) is 16.7 Å². The highest BCUT2D eigenvalue weighted by Gasteiger charge is 2.22. The lowest BCUT2D eigenvalue weighted by atomic mass is 10.1. The van der Waals surface area contributed by atoms with Gasteiger partial charge in [-0.05, 0) is 41.0 Å². The fraction of sp³-hybridized carbons (Fsp3) is 0.114. The smallest absolute Gasteiger partial charge is 0.343 e. The molecule has 0 aliphatic carbocycles. The van der Waals surface area contributed by atoms with Crippen LogP contribution in [0.2, 0.25) is 0 Å². The van der Waals surface area contributed by atoms with Crippen molar-refractivity contribution in [3.63, 3.8) is 0 Å². The summed E-state index contributed by atoms with van der Waals surface area (Å²) in [4.78, 5) is 13.4. The maximum Gasteiger partial charge on any atom is 0.343 e. The fourth-order valence-electron chi connectivity index (χ4n) is 4.36. The first-order valence-corrected chi connectivity index (χ1v) is 13.5. The molecule has 7 nitrogen and oxygen atoms in total. The Hall–Kier alpha value is -5.43. The minimum absolute atomic E-state index is 0.126. The summed E-state index contributed by atoms with van der Waals surface area (Å²) >= 11 is 0. The summed E-state index contributed by atoms with van der Waals surface area (Å²) < 4.78 is 35.3. The predicted molar refractivity (Wildman–Crippen MR) is 156 cm³/mol. The minimum Gasteiger partial charge on any atom is -0.485 e. The van der Waals surface area contributed by atoms with Gasteiger partial charge in [0.2, 0.25) is 12.5 Å². The Kier molecular flexibility index (Phi) is 8.18. The summed E-state index contributed by atoms with van der Waals surface area (Å²) in [6.07, 6.45) is 0. The van der Waals surface area contributed by atoms with Gasteiger partial charge < -0.3 is 28.4 Å². The van der Waals surface area contributed by atoms with Crippen LogP contribution in [0.15, 0.2) is 121 Å². The minimum atomic E-state index is -0.586. The second kappa shape index (κ2) is 12.8. The summed E-state index contributed by atoms with van der Waals surface area (Å²) in [5, 5.41) is 0. The molecule has 1 heterocycles. The van der Waals surface area contributed by atoms with Gasteiger partial charge in [-0.2, -0.15) is 0 Å². The zero-order chi connectivity index (χ0) is 28.6. The molecule has 5 aromatic carbocycles. The molecule has 0 spiro atoms. The van der Waals surface area contributed by atoms with Crippen LogP contribution in [0.3, 0.4) is 0 Å². The highest BCUT2D eigenvalue weighted by Crippen LogP contribution is 2.41. The highest BCUT2D eigenvalue weighted by molar-refractivity contribution is 5.92. The summed E-state index contributed by atoms with van der Waals surface area (Å²) in [7, 11) is 0. The van der Waals surface area contributed by atoms with E-state index in [0.29, 0.717) is 34.5 Å².